The zero-order valence-corrected chi connectivity index (χ0v) is 11.8. The normalized spacial score (nSPS) is 10.9. The number of hydrogen-bond donors (Lipinski definition) is 1. The van der Waals surface area contributed by atoms with E-state index in [2.05, 4.69) is 5.32 Å². The molecule has 120 valence electrons. The molecule has 23 heavy (non-hydrogen) atoms. The number of carbonyl (C=O) groups is 2. The Kier molecular flexibility index (Phi) is 5.00. The number of alkyl halides is 3. The van der Waals surface area contributed by atoms with Crippen LogP contribution in [0.2, 0.25) is 0 Å². The number of halogens is 3. The van der Waals surface area contributed by atoms with E-state index in [9.17, 15) is 22.8 Å². The molecule has 0 aliphatic rings. The quantitative estimate of drug-likeness (QED) is 0.856. The summed E-state index contributed by atoms with van der Waals surface area (Å²) in [7, 11) is 0. The third-order valence-electron chi connectivity index (χ3n) is 2.86. The maximum absolute atomic E-state index is 12.6. The Morgan fingerprint density at radius 1 is 1.13 bits per heavy atom. The van der Waals surface area contributed by atoms with Crippen LogP contribution in [0.25, 0.3) is 0 Å². The van der Waals surface area contributed by atoms with Gasteiger partial charge in [0.05, 0.1) is 5.56 Å². The molecule has 0 spiro atoms. The maximum atomic E-state index is 12.6. The van der Waals surface area contributed by atoms with Gasteiger partial charge in [0.2, 0.25) is 0 Å². The molecule has 0 fully saturated rings. The van der Waals surface area contributed by atoms with E-state index in [-0.39, 0.29) is 12.3 Å². The van der Waals surface area contributed by atoms with E-state index in [1.54, 1.807) is 0 Å². The monoisotopic (exact) mass is 323 g/mol. The molecular weight excluding hydrogens is 311 g/mol. The molecule has 7 heteroatoms. The number of carbonyl (C=O) groups excluding carboxylic acids is 2. The van der Waals surface area contributed by atoms with Crippen LogP contribution in [0.4, 0.5) is 18.9 Å². The van der Waals surface area contributed by atoms with E-state index in [0.717, 1.165) is 12.1 Å². The fourth-order valence-corrected chi connectivity index (χ4v) is 1.76. The first-order valence-electron chi connectivity index (χ1n) is 6.53. The van der Waals surface area contributed by atoms with E-state index in [0.29, 0.717) is 17.6 Å². The van der Waals surface area contributed by atoms with Gasteiger partial charge in [0.25, 0.3) is 5.91 Å². The first kappa shape index (κ1) is 16.5. The van der Waals surface area contributed by atoms with Crippen molar-refractivity contribution in [3.63, 3.8) is 0 Å². The SMILES string of the molecule is O=Cc1ccc(OCC(=O)Nc2cccc(C(F)(F)F)c2)cc1. The Hall–Kier alpha value is -2.83. The van der Waals surface area contributed by atoms with Gasteiger partial charge in [0.1, 0.15) is 12.0 Å². The molecule has 2 aromatic rings. The van der Waals surface area contributed by atoms with Gasteiger partial charge >= 0.3 is 6.18 Å². The Morgan fingerprint density at radius 3 is 2.43 bits per heavy atom. The van der Waals surface area contributed by atoms with E-state index < -0.39 is 17.6 Å². The average Bonchev–Trinajstić information content (AvgIpc) is 2.53. The molecule has 1 amide bonds. The van der Waals surface area contributed by atoms with Crippen LogP contribution < -0.4 is 10.1 Å². The van der Waals surface area contributed by atoms with Crippen molar-refractivity contribution < 1.29 is 27.5 Å². The number of aldehydes is 1. The van der Waals surface area contributed by atoms with Gasteiger partial charge < -0.3 is 10.1 Å². The summed E-state index contributed by atoms with van der Waals surface area (Å²) in [5.41, 5.74) is -0.351. The van der Waals surface area contributed by atoms with Gasteiger partial charge in [-0.1, -0.05) is 6.07 Å². The Morgan fingerprint density at radius 2 is 1.83 bits per heavy atom. The summed E-state index contributed by atoms with van der Waals surface area (Å²) >= 11 is 0. The second-order valence-corrected chi connectivity index (χ2v) is 4.60. The van der Waals surface area contributed by atoms with Crippen molar-refractivity contribution >= 4 is 17.9 Å². The van der Waals surface area contributed by atoms with Crippen LogP contribution in [0.3, 0.4) is 0 Å². The summed E-state index contributed by atoms with van der Waals surface area (Å²) in [6.45, 7) is -0.364. The highest BCUT2D eigenvalue weighted by atomic mass is 19.4. The second kappa shape index (κ2) is 6.95. The molecule has 0 saturated carbocycles. The van der Waals surface area contributed by atoms with Crippen molar-refractivity contribution in [2.75, 3.05) is 11.9 Å². The molecule has 0 aliphatic carbocycles. The number of nitrogens with one attached hydrogen (secondary N) is 1. The summed E-state index contributed by atoms with van der Waals surface area (Å²) in [5, 5.41) is 2.33. The van der Waals surface area contributed by atoms with Crippen molar-refractivity contribution in [3.8, 4) is 5.75 Å². The Bertz CT molecular complexity index is 696. The molecule has 4 nitrogen and oxygen atoms in total. The fourth-order valence-electron chi connectivity index (χ4n) is 1.76. The van der Waals surface area contributed by atoms with Gasteiger partial charge in [-0.2, -0.15) is 13.2 Å². The predicted octanol–water partition coefficient (Wildman–Crippen LogP) is 3.54. The third-order valence-corrected chi connectivity index (χ3v) is 2.86. The third kappa shape index (κ3) is 4.84. The largest absolute Gasteiger partial charge is 0.484 e. The smallest absolute Gasteiger partial charge is 0.416 e. The van der Waals surface area contributed by atoms with Gasteiger partial charge in [-0.05, 0) is 42.5 Å². The summed E-state index contributed by atoms with van der Waals surface area (Å²) in [4.78, 5) is 22.2. The zero-order chi connectivity index (χ0) is 16.9. The predicted molar refractivity (Wildman–Crippen MR) is 77.4 cm³/mol. The van der Waals surface area contributed by atoms with Crippen LogP contribution in [0.15, 0.2) is 48.5 Å². The standard InChI is InChI=1S/C16H12F3NO3/c17-16(18,19)12-2-1-3-13(8-12)20-15(22)10-23-14-6-4-11(9-21)5-7-14/h1-9H,10H2,(H,20,22). The number of benzene rings is 2. The fraction of sp³-hybridized carbons (Fsp3) is 0.125. The van der Waals surface area contributed by atoms with Gasteiger partial charge in [-0.15, -0.1) is 0 Å². The van der Waals surface area contributed by atoms with Gasteiger partial charge in [0, 0.05) is 11.3 Å². The number of ether oxygens (including phenoxy) is 1. The lowest BCUT2D eigenvalue weighted by Gasteiger charge is -2.10. The van der Waals surface area contributed by atoms with Crippen molar-refractivity contribution in [2.45, 2.75) is 6.18 Å². The summed E-state index contributed by atoms with van der Waals surface area (Å²) in [5.74, 6) is -0.224. The molecule has 0 aromatic heterocycles. The number of rotatable bonds is 5. The van der Waals surface area contributed by atoms with Crippen LogP contribution >= 0.6 is 0 Å². The van der Waals surface area contributed by atoms with E-state index in [1.165, 1.54) is 36.4 Å². The van der Waals surface area contributed by atoms with E-state index in [1.807, 2.05) is 0 Å². The minimum atomic E-state index is -4.47. The molecule has 2 rings (SSSR count). The van der Waals surface area contributed by atoms with Crippen molar-refractivity contribution in [1.29, 1.82) is 0 Å². The van der Waals surface area contributed by atoms with Crippen LogP contribution in [0, 0.1) is 0 Å². The maximum Gasteiger partial charge on any atom is 0.416 e. The molecule has 1 N–H and O–H groups in total. The summed E-state index contributed by atoms with van der Waals surface area (Å²) in [6, 6.07) is 10.4. The minimum absolute atomic E-state index is 0.0322. The molecule has 0 saturated heterocycles. The highest BCUT2D eigenvalue weighted by Crippen LogP contribution is 2.30. The molecule has 0 heterocycles. The van der Waals surface area contributed by atoms with Gasteiger partial charge in [0.15, 0.2) is 6.61 Å². The zero-order valence-electron chi connectivity index (χ0n) is 11.8. The Labute approximate surface area is 129 Å². The second-order valence-electron chi connectivity index (χ2n) is 4.60. The van der Waals surface area contributed by atoms with Crippen molar-refractivity contribution in [2.24, 2.45) is 0 Å². The first-order valence-corrected chi connectivity index (χ1v) is 6.53. The lowest BCUT2D eigenvalue weighted by molar-refractivity contribution is -0.137. The van der Waals surface area contributed by atoms with Gasteiger partial charge in [-0.3, -0.25) is 9.59 Å². The molecule has 0 radical (unpaired) electrons. The topological polar surface area (TPSA) is 55.4 Å². The number of anilines is 1. The van der Waals surface area contributed by atoms with Crippen LogP contribution in [0.5, 0.6) is 5.75 Å². The lowest BCUT2D eigenvalue weighted by atomic mass is 10.2. The van der Waals surface area contributed by atoms with Gasteiger partial charge in [-0.25, -0.2) is 0 Å². The minimum Gasteiger partial charge on any atom is -0.484 e. The molecule has 0 bridgehead atoms. The summed E-state index contributed by atoms with van der Waals surface area (Å²) in [6.07, 6.45) is -3.80. The Balaban J connectivity index is 1.93. The number of hydrogen-bond acceptors (Lipinski definition) is 3. The van der Waals surface area contributed by atoms with Crippen molar-refractivity contribution in [1.82, 2.24) is 0 Å². The molecule has 0 aliphatic heterocycles. The summed E-state index contributed by atoms with van der Waals surface area (Å²) < 4.78 is 42.9. The number of amides is 1. The highest BCUT2D eigenvalue weighted by Gasteiger charge is 2.30. The first-order chi connectivity index (χ1) is 10.9. The lowest BCUT2D eigenvalue weighted by Crippen LogP contribution is -2.20. The average molecular weight is 323 g/mol. The highest BCUT2D eigenvalue weighted by molar-refractivity contribution is 5.92. The van der Waals surface area contributed by atoms with Crippen LogP contribution in [-0.4, -0.2) is 18.8 Å². The van der Waals surface area contributed by atoms with Crippen LogP contribution in [0.1, 0.15) is 15.9 Å². The molecular formula is C16H12F3NO3. The molecule has 0 atom stereocenters. The van der Waals surface area contributed by atoms with Crippen LogP contribution in [-0.2, 0) is 11.0 Å². The van der Waals surface area contributed by atoms with E-state index in [4.69, 9.17) is 4.74 Å². The van der Waals surface area contributed by atoms with Crippen molar-refractivity contribution in [3.05, 3.63) is 59.7 Å². The molecule has 0 unspecified atom stereocenters. The van der Waals surface area contributed by atoms with E-state index >= 15 is 0 Å². The molecule has 2 aromatic carbocycles.